The van der Waals surface area contributed by atoms with E-state index in [0.717, 1.165) is 34.5 Å². The SMILES string of the molecule is CCn1nc(C)c(C(=O)c2oc3ccccc3c2C)c1C. The smallest absolute Gasteiger partial charge is 0.232 e. The topological polar surface area (TPSA) is 48.0 Å². The molecule has 0 atom stereocenters. The molecule has 2 aromatic heterocycles. The molecule has 0 amide bonds. The summed E-state index contributed by atoms with van der Waals surface area (Å²) < 4.78 is 7.63. The fourth-order valence-electron chi connectivity index (χ4n) is 2.84. The number of nitrogens with zero attached hydrogens (tertiary/aromatic N) is 2. The minimum Gasteiger partial charge on any atom is -0.452 e. The van der Waals surface area contributed by atoms with Gasteiger partial charge in [0, 0.05) is 23.2 Å². The first-order valence-electron chi connectivity index (χ1n) is 7.11. The quantitative estimate of drug-likeness (QED) is 0.686. The molecule has 108 valence electrons. The number of aromatic nitrogens is 2. The van der Waals surface area contributed by atoms with E-state index in [1.54, 1.807) is 0 Å². The number of fused-ring (bicyclic) bond motifs is 1. The van der Waals surface area contributed by atoms with Crippen LogP contribution in [0.25, 0.3) is 11.0 Å². The lowest BCUT2D eigenvalue weighted by molar-refractivity contribution is 0.101. The van der Waals surface area contributed by atoms with Gasteiger partial charge in [-0.1, -0.05) is 18.2 Å². The second kappa shape index (κ2) is 4.88. The van der Waals surface area contributed by atoms with E-state index in [4.69, 9.17) is 4.42 Å². The van der Waals surface area contributed by atoms with Crippen LogP contribution < -0.4 is 0 Å². The van der Waals surface area contributed by atoms with Crippen LogP contribution in [0.15, 0.2) is 28.7 Å². The van der Waals surface area contributed by atoms with E-state index in [2.05, 4.69) is 5.10 Å². The van der Waals surface area contributed by atoms with Gasteiger partial charge < -0.3 is 4.42 Å². The molecule has 3 aromatic rings. The molecule has 0 unspecified atom stereocenters. The molecule has 1 aromatic carbocycles. The Labute approximate surface area is 123 Å². The summed E-state index contributed by atoms with van der Waals surface area (Å²) in [5.74, 6) is 0.330. The van der Waals surface area contributed by atoms with Gasteiger partial charge in [0.15, 0.2) is 5.76 Å². The molecule has 0 radical (unpaired) electrons. The molecule has 0 N–H and O–H groups in total. The number of benzene rings is 1. The maximum absolute atomic E-state index is 12.9. The van der Waals surface area contributed by atoms with Gasteiger partial charge >= 0.3 is 0 Å². The van der Waals surface area contributed by atoms with E-state index >= 15 is 0 Å². The largest absolute Gasteiger partial charge is 0.452 e. The number of hydrogen-bond donors (Lipinski definition) is 0. The third-order valence-corrected chi connectivity index (χ3v) is 3.96. The summed E-state index contributed by atoms with van der Waals surface area (Å²) >= 11 is 0. The number of hydrogen-bond acceptors (Lipinski definition) is 3. The van der Waals surface area contributed by atoms with Gasteiger partial charge in [-0.3, -0.25) is 9.48 Å². The monoisotopic (exact) mass is 282 g/mol. The van der Waals surface area contributed by atoms with Gasteiger partial charge in [-0.2, -0.15) is 5.10 Å². The van der Waals surface area contributed by atoms with Gasteiger partial charge in [-0.05, 0) is 33.8 Å². The highest BCUT2D eigenvalue weighted by Gasteiger charge is 2.25. The third-order valence-electron chi connectivity index (χ3n) is 3.96. The number of para-hydroxylation sites is 1. The van der Waals surface area contributed by atoms with Crippen LogP contribution in [0.2, 0.25) is 0 Å². The summed E-state index contributed by atoms with van der Waals surface area (Å²) in [7, 11) is 0. The van der Waals surface area contributed by atoms with Crippen LogP contribution in [0, 0.1) is 20.8 Å². The average molecular weight is 282 g/mol. The van der Waals surface area contributed by atoms with Gasteiger partial charge in [-0.25, -0.2) is 0 Å². The molecule has 0 aliphatic rings. The van der Waals surface area contributed by atoms with Crippen LogP contribution in [0.1, 0.15) is 40.0 Å². The average Bonchev–Trinajstić information content (AvgIpc) is 2.96. The van der Waals surface area contributed by atoms with Crippen molar-refractivity contribution in [3.05, 3.63) is 52.5 Å². The molecule has 4 nitrogen and oxygen atoms in total. The molecule has 0 saturated carbocycles. The predicted octanol–water partition coefficient (Wildman–Crippen LogP) is 3.81. The van der Waals surface area contributed by atoms with Gasteiger partial charge in [0.1, 0.15) is 5.58 Å². The van der Waals surface area contributed by atoms with E-state index in [1.165, 1.54) is 0 Å². The summed E-state index contributed by atoms with van der Waals surface area (Å²) in [4.78, 5) is 12.9. The Hall–Kier alpha value is -2.36. The molecule has 2 heterocycles. The molecule has 21 heavy (non-hydrogen) atoms. The molecule has 4 heteroatoms. The Kier molecular flexibility index (Phi) is 3.16. The lowest BCUT2D eigenvalue weighted by atomic mass is 10.0. The number of furan rings is 1. The molecule has 0 aliphatic carbocycles. The van der Waals surface area contributed by atoms with Crippen LogP contribution in [0.3, 0.4) is 0 Å². The number of carbonyl (C=O) groups is 1. The van der Waals surface area contributed by atoms with Crippen LogP contribution in [-0.4, -0.2) is 15.6 Å². The Bertz CT molecular complexity index is 840. The molecule has 0 fully saturated rings. The fraction of sp³-hybridized carbons (Fsp3) is 0.294. The summed E-state index contributed by atoms with van der Waals surface area (Å²) in [5.41, 5.74) is 3.92. The van der Waals surface area contributed by atoms with Crippen molar-refractivity contribution in [2.75, 3.05) is 0 Å². The normalized spacial score (nSPS) is 11.2. The standard InChI is InChI=1S/C17H18N2O2/c1-5-19-12(4)15(11(3)18-19)16(20)17-10(2)13-8-6-7-9-14(13)21-17/h6-9H,5H2,1-4H3. The van der Waals surface area contributed by atoms with Gasteiger partial charge in [0.05, 0.1) is 11.3 Å². The molecular formula is C17H18N2O2. The number of aryl methyl sites for hydroxylation is 3. The zero-order chi connectivity index (χ0) is 15.1. The van der Waals surface area contributed by atoms with E-state index in [9.17, 15) is 4.79 Å². The summed E-state index contributed by atoms with van der Waals surface area (Å²) in [6, 6.07) is 7.71. The fourth-order valence-corrected chi connectivity index (χ4v) is 2.84. The van der Waals surface area contributed by atoms with Crippen LogP contribution in [0.5, 0.6) is 0 Å². The van der Waals surface area contributed by atoms with Crippen molar-refractivity contribution in [3.63, 3.8) is 0 Å². The Morgan fingerprint density at radius 3 is 2.57 bits per heavy atom. The van der Waals surface area contributed by atoms with Crippen LogP contribution in [0.4, 0.5) is 0 Å². The Morgan fingerprint density at radius 2 is 1.95 bits per heavy atom. The maximum Gasteiger partial charge on any atom is 0.232 e. The van der Waals surface area contributed by atoms with Crippen molar-refractivity contribution < 1.29 is 9.21 Å². The van der Waals surface area contributed by atoms with E-state index in [0.29, 0.717) is 11.3 Å². The number of ketones is 1. The zero-order valence-corrected chi connectivity index (χ0v) is 12.7. The highest BCUT2D eigenvalue weighted by molar-refractivity contribution is 6.11. The molecule has 0 spiro atoms. The van der Waals surface area contributed by atoms with Gasteiger partial charge in [-0.15, -0.1) is 0 Å². The third kappa shape index (κ3) is 1.98. The minimum absolute atomic E-state index is 0.0848. The highest BCUT2D eigenvalue weighted by Crippen LogP contribution is 2.28. The molecule has 3 rings (SSSR count). The van der Waals surface area contributed by atoms with Crippen molar-refractivity contribution in [1.29, 1.82) is 0 Å². The second-order valence-corrected chi connectivity index (χ2v) is 5.24. The second-order valence-electron chi connectivity index (χ2n) is 5.24. The molecular weight excluding hydrogens is 264 g/mol. The summed E-state index contributed by atoms with van der Waals surface area (Å²) in [5, 5.41) is 5.40. The Balaban J connectivity index is 2.17. The van der Waals surface area contributed by atoms with E-state index < -0.39 is 0 Å². The highest BCUT2D eigenvalue weighted by atomic mass is 16.3. The van der Waals surface area contributed by atoms with Gasteiger partial charge in [0.25, 0.3) is 0 Å². The van der Waals surface area contributed by atoms with Crippen molar-refractivity contribution in [2.45, 2.75) is 34.2 Å². The Morgan fingerprint density at radius 1 is 1.24 bits per heavy atom. The van der Waals surface area contributed by atoms with Gasteiger partial charge in [0.2, 0.25) is 5.78 Å². The lowest BCUT2D eigenvalue weighted by Gasteiger charge is -2.01. The summed E-state index contributed by atoms with van der Waals surface area (Å²) in [6.45, 7) is 8.48. The molecule has 0 bridgehead atoms. The van der Waals surface area contributed by atoms with Crippen LogP contribution in [-0.2, 0) is 6.54 Å². The van der Waals surface area contributed by atoms with E-state index in [1.807, 2.05) is 56.6 Å². The minimum atomic E-state index is -0.0848. The van der Waals surface area contributed by atoms with Crippen molar-refractivity contribution in [2.24, 2.45) is 0 Å². The zero-order valence-electron chi connectivity index (χ0n) is 12.7. The maximum atomic E-state index is 12.9. The van der Waals surface area contributed by atoms with Crippen molar-refractivity contribution >= 4 is 16.8 Å². The predicted molar refractivity (Wildman–Crippen MR) is 81.8 cm³/mol. The van der Waals surface area contributed by atoms with Crippen molar-refractivity contribution in [1.82, 2.24) is 9.78 Å². The first kappa shape index (κ1) is 13.6. The molecule has 0 saturated heterocycles. The van der Waals surface area contributed by atoms with Crippen molar-refractivity contribution in [3.8, 4) is 0 Å². The molecule has 0 aliphatic heterocycles. The number of carbonyl (C=O) groups excluding carboxylic acids is 1. The van der Waals surface area contributed by atoms with E-state index in [-0.39, 0.29) is 5.78 Å². The lowest BCUT2D eigenvalue weighted by Crippen LogP contribution is -2.06. The van der Waals surface area contributed by atoms with Crippen LogP contribution >= 0.6 is 0 Å². The summed E-state index contributed by atoms with van der Waals surface area (Å²) in [6.07, 6.45) is 0. The number of rotatable bonds is 3. The first-order chi connectivity index (χ1) is 10.0. The first-order valence-corrected chi connectivity index (χ1v) is 7.11.